The number of hydrogen-bond acceptors (Lipinski definition) is 5. The SMILES string of the molecule is COCCN1CC=C(c2ccc(NCC(C)(C)O)c(N)c2)CC1. The van der Waals surface area contributed by atoms with E-state index in [0.717, 1.165) is 44.0 Å². The van der Waals surface area contributed by atoms with Crippen molar-refractivity contribution in [2.75, 3.05) is 50.9 Å². The number of nitrogens with one attached hydrogen (secondary N) is 1. The summed E-state index contributed by atoms with van der Waals surface area (Å²) in [4.78, 5) is 2.38. The molecule has 5 nitrogen and oxygen atoms in total. The second-order valence-electron chi connectivity index (χ2n) is 6.74. The van der Waals surface area contributed by atoms with Crippen LogP contribution in [0, 0.1) is 0 Å². The molecule has 4 N–H and O–H groups in total. The summed E-state index contributed by atoms with van der Waals surface area (Å²) < 4.78 is 5.13. The number of anilines is 2. The average Bonchev–Trinajstić information content (AvgIpc) is 2.51. The Morgan fingerprint density at radius 1 is 1.39 bits per heavy atom. The van der Waals surface area contributed by atoms with Crippen molar-refractivity contribution in [3.8, 4) is 0 Å². The number of nitrogen functional groups attached to an aromatic ring is 1. The molecule has 1 aliphatic heterocycles. The molecule has 0 radical (unpaired) electrons. The van der Waals surface area contributed by atoms with E-state index in [1.165, 1.54) is 11.1 Å². The highest BCUT2D eigenvalue weighted by atomic mass is 16.5. The van der Waals surface area contributed by atoms with Crippen LogP contribution in [-0.4, -0.2) is 55.5 Å². The van der Waals surface area contributed by atoms with Gasteiger partial charge in [-0.05, 0) is 43.5 Å². The molecular weight excluding hydrogens is 290 g/mol. The average molecular weight is 319 g/mol. The highest BCUT2D eigenvalue weighted by molar-refractivity contribution is 5.75. The van der Waals surface area contributed by atoms with E-state index in [-0.39, 0.29) is 0 Å². The van der Waals surface area contributed by atoms with Crippen LogP contribution >= 0.6 is 0 Å². The molecule has 1 aliphatic rings. The van der Waals surface area contributed by atoms with Crippen molar-refractivity contribution in [1.82, 2.24) is 4.90 Å². The van der Waals surface area contributed by atoms with Gasteiger partial charge in [0, 0.05) is 33.3 Å². The van der Waals surface area contributed by atoms with Crippen LogP contribution in [0.5, 0.6) is 0 Å². The van der Waals surface area contributed by atoms with Gasteiger partial charge in [-0.2, -0.15) is 0 Å². The standard InChI is InChI=1S/C18H29N3O2/c1-18(2,22)13-20-17-5-4-15(12-16(17)19)14-6-8-21(9-7-14)10-11-23-3/h4-6,12,20,22H,7-11,13,19H2,1-3H3. The van der Waals surface area contributed by atoms with Gasteiger partial charge in [-0.25, -0.2) is 0 Å². The summed E-state index contributed by atoms with van der Waals surface area (Å²) in [5.74, 6) is 0. The molecule has 0 amide bonds. The van der Waals surface area contributed by atoms with Crippen molar-refractivity contribution >= 4 is 16.9 Å². The number of rotatable bonds is 7. The second-order valence-corrected chi connectivity index (χ2v) is 6.74. The van der Waals surface area contributed by atoms with Gasteiger partial charge < -0.3 is 20.9 Å². The minimum atomic E-state index is -0.761. The molecule has 128 valence electrons. The Hall–Kier alpha value is -1.56. The first-order valence-corrected chi connectivity index (χ1v) is 8.15. The number of nitrogens with zero attached hydrogens (tertiary/aromatic N) is 1. The Balaban J connectivity index is 1.99. The number of benzene rings is 1. The topological polar surface area (TPSA) is 70.8 Å². The lowest BCUT2D eigenvalue weighted by atomic mass is 9.98. The molecule has 0 aliphatic carbocycles. The summed E-state index contributed by atoms with van der Waals surface area (Å²) in [5.41, 5.74) is 9.51. The molecule has 1 aromatic rings. The minimum Gasteiger partial charge on any atom is -0.397 e. The molecule has 23 heavy (non-hydrogen) atoms. The monoisotopic (exact) mass is 319 g/mol. The van der Waals surface area contributed by atoms with E-state index in [9.17, 15) is 5.11 Å². The fourth-order valence-corrected chi connectivity index (χ4v) is 2.63. The normalized spacial score (nSPS) is 16.3. The van der Waals surface area contributed by atoms with Gasteiger partial charge in [0.25, 0.3) is 0 Å². The first kappa shape index (κ1) is 17.8. The molecule has 1 heterocycles. The third-order valence-electron chi connectivity index (χ3n) is 4.04. The van der Waals surface area contributed by atoms with Crippen molar-refractivity contribution in [3.05, 3.63) is 29.8 Å². The summed E-state index contributed by atoms with van der Waals surface area (Å²) in [7, 11) is 1.74. The van der Waals surface area contributed by atoms with Crippen LogP contribution in [0.4, 0.5) is 11.4 Å². The van der Waals surface area contributed by atoms with Gasteiger partial charge in [-0.3, -0.25) is 4.90 Å². The van der Waals surface area contributed by atoms with Gasteiger partial charge in [-0.15, -0.1) is 0 Å². The van der Waals surface area contributed by atoms with E-state index in [1.807, 2.05) is 12.1 Å². The first-order valence-electron chi connectivity index (χ1n) is 8.15. The summed E-state index contributed by atoms with van der Waals surface area (Å²) in [6, 6.07) is 6.11. The molecule has 0 spiro atoms. The van der Waals surface area contributed by atoms with E-state index >= 15 is 0 Å². The van der Waals surface area contributed by atoms with Gasteiger partial charge in [0.05, 0.1) is 23.6 Å². The van der Waals surface area contributed by atoms with E-state index < -0.39 is 5.60 Å². The molecule has 5 heteroatoms. The second kappa shape index (κ2) is 7.81. The number of ether oxygens (including phenoxy) is 1. The maximum atomic E-state index is 9.79. The molecule has 1 aromatic carbocycles. The Kier molecular flexibility index (Phi) is 6.04. The van der Waals surface area contributed by atoms with E-state index in [2.05, 4.69) is 22.4 Å². The first-order chi connectivity index (χ1) is 10.9. The zero-order chi connectivity index (χ0) is 16.9. The van der Waals surface area contributed by atoms with Crippen LogP contribution in [0.25, 0.3) is 5.57 Å². The minimum absolute atomic E-state index is 0.466. The molecule has 0 saturated heterocycles. The molecule has 0 saturated carbocycles. The molecule has 0 atom stereocenters. The van der Waals surface area contributed by atoms with Crippen molar-refractivity contribution in [3.63, 3.8) is 0 Å². The van der Waals surface area contributed by atoms with Crippen molar-refractivity contribution in [2.24, 2.45) is 0 Å². The van der Waals surface area contributed by atoms with Crippen molar-refractivity contribution < 1.29 is 9.84 Å². The summed E-state index contributed by atoms with van der Waals surface area (Å²) >= 11 is 0. The number of aliphatic hydroxyl groups is 1. The maximum Gasteiger partial charge on any atom is 0.0763 e. The lowest BCUT2D eigenvalue weighted by Gasteiger charge is -2.26. The third-order valence-corrected chi connectivity index (χ3v) is 4.04. The van der Waals surface area contributed by atoms with Gasteiger partial charge >= 0.3 is 0 Å². The Bertz CT molecular complexity index is 550. The number of methoxy groups -OCH3 is 1. The highest BCUT2D eigenvalue weighted by Gasteiger charge is 2.15. The number of hydrogen-bond donors (Lipinski definition) is 3. The van der Waals surface area contributed by atoms with Gasteiger partial charge in [0.1, 0.15) is 0 Å². The summed E-state index contributed by atoms with van der Waals surface area (Å²) in [6.45, 7) is 7.76. The van der Waals surface area contributed by atoms with Crippen LogP contribution in [0.1, 0.15) is 25.8 Å². The van der Waals surface area contributed by atoms with Crippen LogP contribution in [0.3, 0.4) is 0 Å². The summed E-state index contributed by atoms with van der Waals surface area (Å²) in [5, 5.41) is 13.0. The predicted octanol–water partition coefficient (Wildman–Crippen LogP) is 2.19. The zero-order valence-electron chi connectivity index (χ0n) is 14.4. The fourth-order valence-electron chi connectivity index (χ4n) is 2.63. The molecule has 0 aromatic heterocycles. The molecular formula is C18H29N3O2. The van der Waals surface area contributed by atoms with E-state index in [4.69, 9.17) is 10.5 Å². The van der Waals surface area contributed by atoms with Gasteiger partial charge in [-0.1, -0.05) is 12.1 Å². The lowest BCUT2D eigenvalue weighted by Crippen LogP contribution is -2.31. The Labute approximate surface area is 139 Å². The smallest absolute Gasteiger partial charge is 0.0763 e. The van der Waals surface area contributed by atoms with Gasteiger partial charge in [0.2, 0.25) is 0 Å². The predicted molar refractivity (Wildman–Crippen MR) is 96.6 cm³/mol. The van der Waals surface area contributed by atoms with Crippen LogP contribution in [0.15, 0.2) is 24.3 Å². The van der Waals surface area contributed by atoms with Crippen LogP contribution in [-0.2, 0) is 4.74 Å². The van der Waals surface area contributed by atoms with Gasteiger partial charge in [0.15, 0.2) is 0 Å². The Morgan fingerprint density at radius 2 is 2.17 bits per heavy atom. The molecule has 0 bridgehead atoms. The van der Waals surface area contributed by atoms with E-state index in [0.29, 0.717) is 6.54 Å². The largest absolute Gasteiger partial charge is 0.397 e. The summed E-state index contributed by atoms with van der Waals surface area (Å²) in [6.07, 6.45) is 3.30. The van der Waals surface area contributed by atoms with Crippen LogP contribution < -0.4 is 11.1 Å². The molecule has 0 fully saturated rings. The zero-order valence-corrected chi connectivity index (χ0v) is 14.4. The number of nitrogens with two attached hydrogens (primary N) is 1. The van der Waals surface area contributed by atoms with Crippen molar-refractivity contribution in [2.45, 2.75) is 25.9 Å². The lowest BCUT2D eigenvalue weighted by molar-refractivity contribution is 0.0945. The Morgan fingerprint density at radius 3 is 2.74 bits per heavy atom. The fraction of sp³-hybridized carbons (Fsp3) is 0.556. The highest BCUT2D eigenvalue weighted by Crippen LogP contribution is 2.28. The molecule has 2 rings (SSSR count). The van der Waals surface area contributed by atoms with Crippen LogP contribution in [0.2, 0.25) is 0 Å². The maximum absolute atomic E-state index is 9.79. The third kappa shape index (κ3) is 5.53. The quantitative estimate of drug-likeness (QED) is 0.672. The van der Waals surface area contributed by atoms with E-state index in [1.54, 1.807) is 21.0 Å². The van der Waals surface area contributed by atoms with Crippen molar-refractivity contribution in [1.29, 1.82) is 0 Å². The molecule has 0 unspecified atom stereocenters.